The summed E-state index contributed by atoms with van der Waals surface area (Å²) in [4.78, 5) is 20.5. The minimum absolute atomic E-state index is 0.0603. The number of methoxy groups -OCH3 is 1. The predicted molar refractivity (Wildman–Crippen MR) is 92.7 cm³/mol. The van der Waals surface area contributed by atoms with Crippen molar-refractivity contribution in [2.75, 3.05) is 7.11 Å². The van der Waals surface area contributed by atoms with Gasteiger partial charge in [-0.15, -0.1) is 0 Å². The van der Waals surface area contributed by atoms with Gasteiger partial charge in [0.25, 0.3) is 5.91 Å². The Labute approximate surface area is 157 Å². The number of alkyl halides is 3. The molecule has 1 atom stereocenters. The molecule has 0 bridgehead atoms. The van der Waals surface area contributed by atoms with Gasteiger partial charge in [0.1, 0.15) is 23.9 Å². The van der Waals surface area contributed by atoms with Crippen molar-refractivity contribution in [2.45, 2.75) is 26.1 Å². The molecule has 0 saturated heterocycles. The lowest BCUT2D eigenvalue weighted by atomic mass is 10.1. The van der Waals surface area contributed by atoms with Gasteiger partial charge in [-0.2, -0.15) is 13.2 Å². The van der Waals surface area contributed by atoms with Crippen LogP contribution in [0.15, 0.2) is 30.6 Å². The highest BCUT2D eigenvalue weighted by atomic mass is 19.4. The van der Waals surface area contributed by atoms with Gasteiger partial charge >= 0.3 is 6.18 Å². The molecule has 0 saturated carbocycles. The first-order valence-electron chi connectivity index (χ1n) is 8.17. The molecule has 2 heterocycles. The molecule has 0 fully saturated rings. The molecule has 1 N–H and O–H groups in total. The number of ether oxygens (including phenoxy) is 1. The molecule has 6 nitrogen and oxygen atoms in total. The number of amides is 1. The largest absolute Gasteiger partial charge is 0.497 e. The maximum atomic E-state index is 13.8. The van der Waals surface area contributed by atoms with Crippen molar-refractivity contribution in [2.24, 2.45) is 0 Å². The van der Waals surface area contributed by atoms with Gasteiger partial charge in [0.15, 0.2) is 11.3 Å². The van der Waals surface area contributed by atoms with Crippen LogP contribution in [0.25, 0.3) is 16.9 Å². The Morgan fingerprint density at radius 3 is 2.61 bits per heavy atom. The fraction of sp³-hybridized carbons (Fsp3) is 0.278. The zero-order valence-corrected chi connectivity index (χ0v) is 15.1. The van der Waals surface area contributed by atoms with E-state index in [1.54, 1.807) is 19.1 Å². The summed E-state index contributed by atoms with van der Waals surface area (Å²) < 4.78 is 58.5. The van der Waals surface area contributed by atoms with Crippen molar-refractivity contribution in [3.05, 3.63) is 47.8 Å². The number of aromatic nitrogens is 3. The van der Waals surface area contributed by atoms with E-state index < -0.39 is 23.9 Å². The number of nitrogens with zero attached hydrogens (tertiary/aromatic N) is 3. The third-order valence-electron chi connectivity index (χ3n) is 4.15. The SMILES string of the molecule is COc1cc(F)cc(-c2cc(C)n3cnc(C(=O)NC(C)C(F)(F)F)c3n2)c1. The van der Waals surface area contributed by atoms with E-state index in [-0.39, 0.29) is 17.1 Å². The van der Waals surface area contributed by atoms with Crippen molar-refractivity contribution in [3.63, 3.8) is 0 Å². The lowest BCUT2D eigenvalue weighted by molar-refractivity contribution is -0.149. The maximum Gasteiger partial charge on any atom is 0.408 e. The summed E-state index contributed by atoms with van der Waals surface area (Å²) >= 11 is 0. The molecule has 0 aliphatic rings. The van der Waals surface area contributed by atoms with Gasteiger partial charge in [0.2, 0.25) is 0 Å². The zero-order valence-electron chi connectivity index (χ0n) is 15.1. The Balaban J connectivity index is 2.06. The van der Waals surface area contributed by atoms with Crippen LogP contribution in [-0.2, 0) is 0 Å². The molecule has 3 rings (SSSR count). The van der Waals surface area contributed by atoms with E-state index in [2.05, 4.69) is 9.97 Å². The summed E-state index contributed by atoms with van der Waals surface area (Å²) in [6.45, 7) is 2.54. The van der Waals surface area contributed by atoms with Crippen LogP contribution in [0.3, 0.4) is 0 Å². The van der Waals surface area contributed by atoms with Crippen LogP contribution in [0.2, 0.25) is 0 Å². The van der Waals surface area contributed by atoms with Crippen molar-refractivity contribution < 1.29 is 27.1 Å². The van der Waals surface area contributed by atoms with Gasteiger partial charge in [-0.25, -0.2) is 14.4 Å². The number of carbonyl (C=O) groups is 1. The minimum atomic E-state index is -4.59. The van der Waals surface area contributed by atoms with Crippen LogP contribution in [0.4, 0.5) is 17.6 Å². The summed E-state index contributed by atoms with van der Waals surface area (Å²) in [6, 6.07) is 3.59. The second-order valence-corrected chi connectivity index (χ2v) is 6.19. The summed E-state index contributed by atoms with van der Waals surface area (Å²) in [5.74, 6) is -1.27. The van der Waals surface area contributed by atoms with E-state index in [0.717, 1.165) is 6.92 Å². The van der Waals surface area contributed by atoms with E-state index in [1.165, 1.54) is 30.0 Å². The monoisotopic (exact) mass is 396 g/mol. The zero-order chi connectivity index (χ0) is 20.6. The fourth-order valence-corrected chi connectivity index (χ4v) is 2.60. The van der Waals surface area contributed by atoms with Crippen LogP contribution in [0, 0.1) is 12.7 Å². The predicted octanol–water partition coefficient (Wildman–Crippen LogP) is 3.53. The number of imidazole rings is 1. The van der Waals surface area contributed by atoms with Crippen LogP contribution in [-0.4, -0.2) is 39.6 Å². The maximum absolute atomic E-state index is 13.8. The van der Waals surface area contributed by atoms with Crippen LogP contribution < -0.4 is 10.1 Å². The third kappa shape index (κ3) is 3.75. The number of rotatable bonds is 4. The average molecular weight is 396 g/mol. The molecular formula is C18H16F4N4O2. The number of halogens is 4. The van der Waals surface area contributed by atoms with Crippen molar-refractivity contribution >= 4 is 11.6 Å². The topological polar surface area (TPSA) is 68.5 Å². The van der Waals surface area contributed by atoms with Crippen molar-refractivity contribution in [1.29, 1.82) is 0 Å². The Hall–Kier alpha value is -3.17. The van der Waals surface area contributed by atoms with Gasteiger partial charge in [-0.1, -0.05) is 0 Å². The molecule has 1 aromatic carbocycles. The molecule has 0 aliphatic heterocycles. The molecule has 3 aromatic rings. The first kappa shape index (κ1) is 19.6. The minimum Gasteiger partial charge on any atom is -0.497 e. The first-order chi connectivity index (χ1) is 13.1. The smallest absolute Gasteiger partial charge is 0.408 e. The van der Waals surface area contributed by atoms with E-state index in [0.29, 0.717) is 17.0 Å². The number of benzene rings is 1. The van der Waals surface area contributed by atoms with Gasteiger partial charge in [0.05, 0.1) is 12.8 Å². The molecule has 1 unspecified atom stereocenters. The molecule has 148 valence electrons. The number of fused-ring (bicyclic) bond motifs is 1. The number of carbonyl (C=O) groups excluding carboxylic acids is 1. The summed E-state index contributed by atoms with van der Waals surface area (Å²) in [5.41, 5.74) is 1.12. The molecular weight excluding hydrogens is 380 g/mol. The first-order valence-corrected chi connectivity index (χ1v) is 8.17. The second-order valence-electron chi connectivity index (χ2n) is 6.19. The quantitative estimate of drug-likeness (QED) is 0.685. The van der Waals surface area contributed by atoms with Gasteiger partial charge in [-0.3, -0.25) is 9.20 Å². The summed E-state index contributed by atoms with van der Waals surface area (Å²) in [7, 11) is 1.39. The second kappa shape index (κ2) is 7.10. The summed E-state index contributed by atoms with van der Waals surface area (Å²) in [5, 5.41) is 1.86. The molecule has 28 heavy (non-hydrogen) atoms. The molecule has 0 aliphatic carbocycles. The Morgan fingerprint density at radius 2 is 1.96 bits per heavy atom. The number of aryl methyl sites for hydroxylation is 1. The highest BCUT2D eigenvalue weighted by Crippen LogP contribution is 2.26. The van der Waals surface area contributed by atoms with Crippen LogP contribution >= 0.6 is 0 Å². The normalized spacial score (nSPS) is 12.8. The van der Waals surface area contributed by atoms with E-state index >= 15 is 0 Å². The Kier molecular flexibility index (Phi) is 4.97. The van der Waals surface area contributed by atoms with Crippen LogP contribution in [0.5, 0.6) is 5.75 Å². The highest BCUT2D eigenvalue weighted by molar-refractivity contribution is 5.98. The van der Waals surface area contributed by atoms with E-state index in [1.807, 2.05) is 5.32 Å². The Bertz CT molecular complexity index is 1050. The van der Waals surface area contributed by atoms with Crippen molar-refractivity contribution in [1.82, 2.24) is 19.7 Å². The molecule has 1 amide bonds. The lowest BCUT2D eigenvalue weighted by Gasteiger charge is -2.16. The van der Waals surface area contributed by atoms with Crippen molar-refractivity contribution in [3.8, 4) is 17.0 Å². The van der Waals surface area contributed by atoms with Crippen LogP contribution in [0.1, 0.15) is 23.1 Å². The standard InChI is InChI=1S/C18H16F4N4O2/c1-9-4-14(11-5-12(19)7-13(6-11)28-3)25-16-15(23-8-26(9)16)17(27)24-10(2)18(20,21)22/h4-8,10H,1-3H3,(H,24,27). The molecule has 0 radical (unpaired) electrons. The fourth-order valence-electron chi connectivity index (χ4n) is 2.60. The molecule has 2 aromatic heterocycles. The molecule has 0 spiro atoms. The van der Waals surface area contributed by atoms with E-state index in [9.17, 15) is 22.4 Å². The molecule has 10 heteroatoms. The number of hydrogen-bond acceptors (Lipinski definition) is 4. The average Bonchev–Trinajstić information content (AvgIpc) is 3.04. The van der Waals surface area contributed by atoms with Gasteiger partial charge < -0.3 is 10.1 Å². The van der Waals surface area contributed by atoms with Gasteiger partial charge in [0, 0.05) is 17.3 Å². The summed E-state index contributed by atoms with van der Waals surface area (Å²) in [6.07, 6.45) is -3.29. The third-order valence-corrected chi connectivity index (χ3v) is 4.15. The number of hydrogen-bond donors (Lipinski definition) is 1. The number of nitrogens with one attached hydrogen (secondary N) is 1. The highest BCUT2D eigenvalue weighted by Gasteiger charge is 2.37. The lowest BCUT2D eigenvalue weighted by Crippen LogP contribution is -2.43. The Morgan fingerprint density at radius 1 is 1.25 bits per heavy atom. The van der Waals surface area contributed by atoms with E-state index in [4.69, 9.17) is 4.74 Å². The van der Waals surface area contributed by atoms with Gasteiger partial charge in [-0.05, 0) is 32.0 Å².